The molecule has 7 heteroatoms. The normalized spacial score (nSPS) is 10.2. The zero-order valence-corrected chi connectivity index (χ0v) is 10.4. The number of hydrogen-bond donors (Lipinski definition) is 2. The molecular formula is C10H13N5OS. The molecule has 0 aliphatic rings. The number of rotatable bonds is 4. The van der Waals surface area contributed by atoms with Crippen molar-refractivity contribution in [1.82, 2.24) is 15.0 Å². The number of aromatic nitrogens is 3. The summed E-state index contributed by atoms with van der Waals surface area (Å²) in [6.07, 6.45) is 1.84. The van der Waals surface area contributed by atoms with Crippen molar-refractivity contribution in [3.63, 3.8) is 0 Å². The molecule has 0 unspecified atom stereocenters. The van der Waals surface area contributed by atoms with Crippen molar-refractivity contribution in [3.05, 3.63) is 22.1 Å². The van der Waals surface area contributed by atoms with Gasteiger partial charge >= 0.3 is 0 Å². The third kappa shape index (κ3) is 3.04. The minimum absolute atomic E-state index is 0.183. The van der Waals surface area contributed by atoms with Crippen molar-refractivity contribution in [2.75, 3.05) is 18.2 Å². The summed E-state index contributed by atoms with van der Waals surface area (Å²) in [6, 6.07) is 1.69. The van der Waals surface area contributed by atoms with Crippen LogP contribution in [0.2, 0.25) is 0 Å². The zero-order valence-electron chi connectivity index (χ0n) is 9.60. The molecule has 0 aliphatic carbocycles. The van der Waals surface area contributed by atoms with E-state index in [1.165, 1.54) is 12.0 Å². The molecule has 2 heterocycles. The Kier molecular flexibility index (Phi) is 3.38. The maximum Gasteiger partial charge on any atom is 0.225 e. The SMILES string of the molecule is COc1cc(NCc2ncc(C)s2)nc(N)n1. The number of nitrogens with zero attached hydrogens (tertiary/aromatic N) is 3. The van der Waals surface area contributed by atoms with Crippen molar-refractivity contribution in [3.8, 4) is 5.88 Å². The summed E-state index contributed by atoms with van der Waals surface area (Å²) in [7, 11) is 1.54. The van der Waals surface area contributed by atoms with Crippen molar-refractivity contribution in [1.29, 1.82) is 0 Å². The van der Waals surface area contributed by atoms with Crippen molar-refractivity contribution >= 4 is 23.1 Å². The van der Waals surface area contributed by atoms with Gasteiger partial charge in [-0.3, -0.25) is 0 Å². The van der Waals surface area contributed by atoms with Crippen LogP contribution in [-0.2, 0) is 6.54 Å². The number of nitrogens with one attached hydrogen (secondary N) is 1. The fourth-order valence-corrected chi connectivity index (χ4v) is 2.01. The Morgan fingerprint density at radius 3 is 2.94 bits per heavy atom. The van der Waals surface area contributed by atoms with Crippen LogP contribution >= 0.6 is 11.3 Å². The van der Waals surface area contributed by atoms with Gasteiger partial charge in [-0.2, -0.15) is 9.97 Å². The first-order valence-electron chi connectivity index (χ1n) is 5.01. The summed E-state index contributed by atoms with van der Waals surface area (Å²) in [5, 5.41) is 4.13. The van der Waals surface area contributed by atoms with Crippen LogP contribution in [0.25, 0.3) is 0 Å². The van der Waals surface area contributed by atoms with Gasteiger partial charge in [0.05, 0.1) is 13.7 Å². The average Bonchev–Trinajstić information content (AvgIpc) is 2.72. The lowest BCUT2D eigenvalue weighted by molar-refractivity contribution is 0.398. The number of aryl methyl sites for hydroxylation is 1. The number of nitrogens with two attached hydrogens (primary N) is 1. The smallest absolute Gasteiger partial charge is 0.225 e. The van der Waals surface area contributed by atoms with E-state index in [1.807, 2.05) is 13.1 Å². The van der Waals surface area contributed by atoms with Crippen LogP contribution in [-0.4, -0.2) is 22.1 Å². The highest BCUT2D eigenvalue weighted by Gasteiger charge is 2.03. The maximum absolute atomic E-state index is 5.55. The van der Waals surface area contributed by atoms with Crippen LogP contribution in [0.1, 0.15) is 9.88 Å². The molecule has 0 atom stereocenters. The van der Waals surface area contributed by atoms with Crippen molar-refractivity contribution < 1.29 is 4.74 Å². The number of nitrogen functional groups attached to an aromatic ring is 1. The molecule has 90 valence electrons. The third-order valence-corrected chi connectivity index (χ3v) is 2.93. The van der Waals surface area contributed by atoms with Gasteiger partial charge in [-0.15, -0.1) is 11.3 Å². The van der Waals surface area contributed by atoms with E-state index in [0.717, 1.165) is 5.01 Å². The second-order valence-electron chi connectivity index (χ2n) is 3.37. The van der Waals surface area contributed by atoms with Gasteiger partial charge in [0.2, 0.25) is 11.8 Å². The van der Waals surface area contributed by atoms with Gasteiger partial charge in [0.1, 0.15) is 10.8 Å². The zero-order chi connectivity index (χ0) is 12.3. The molecule has 0 saturated heterocycles. The molecule has 0 fully saturated rings. The largest absolute Gasteiger partial charge is 0.481 e. The molecule has 2 aromatic heterocycles. The van der Waals surface area contributed by atoms with Gasteiger partial charge in [0, 0.05) is 17.1 Å². The number of thiazole rings is 1. The Bertz CT molecular complexity index is 513. The lowest BCUT2D eigenvalue weighted by Crippen LogP contribution is -2.05. The van der Waals surface area contributed by atoms with E-state index in [9.17, 15) is 0 Å². The van der Waals surface area contributed by atoms with E-state index in [2.05, 4.69) is 20.3 Å². The summed E-state index contributed by atoms with van der Waals surface area (Å²) in [5.41, 5.74) is 5.55. The van der Waals surface area contributed by atoms with Crippen LogP contribution < -0.4 is 15.8 Å². The summed E-state index contributed by atoms with van der Waals surface area (Å²) in [5.74, 6) is 1.25. The molecular weight excluding hydrogens is 238 g/mol. The first-order valence-corrected chi connectivity index (χ1v) is 5.83. The van der Waals surface area contributed by atoms with Crippen LogP contribution in [0, 0.1) is 6.92 Å². The number of ether oxygens (including phenoxy) is 1. The Morgan fingerprint density at radius 1 is 1.47 bits per heavy atom. The van der Waals surface area contributed by atoms with Gasteiger partial charge in [-0.25, -0.2) is 4.98 Å². The van der Waals surface area contributed by atoms with E-state index in [-0.39, 0.29) is 5.95 Å². The molecule has 0 amide bonds. The quantitative estimate of drug-likeness (QED) is 0.855. The first kappa shape index (κ1) is 11.6. The molecule has 0 aliphatic heterocycles. The molecule has 0 spiro atoms. The Labute approximate surface area is 103 Å². The van der Waals surface area contributed by atoms with E-state index in [4.69, 9.17) is 10.5 Å². The van der Waals surface area contributed by atoms with Crippen molar-refractivity contribution in [2.45, 2.75) is 13.5 Å². The van der Waals surface area contributed by atoms with E-state index in [0.29, 0.717) is 18.2 Å². The summed E-state index contributed by atoms with van der Waals surface area (Å²) in [6.45, 7) is 2.63. The Balaban J connectivity index is 2.05. The number of methoxy groups -OCH3 is 1. The predicted octanol–water partition coefficient (Wildman–Crippen LogP) is 1.44. The summed E-state index contributed by atoms with van der Waals surface area (Å²) in [4.78, 5) is 13.4. The van der Waals surface area contributed by atoms with Crippen LogP contribution in [0.15, 0.2) is 12.3 Å². The van der Waals surface area contributed by atoms with Gasteiger partial charge in [0.25, 0.3) is 0 Å². The van der Waals surface area contributed by atoms with Gasteiger partial charge in [-0.1, -0.05) is 0 Å². The lowest BCUT2D eigenvalue weighted by atomic mass is 10.5. The molecule has 2 aromatic rings. The molecule has 2 rings (SSSR count). The molecule has 0 bridgehead atoms. The fraction of sp³-hybridized carbons (Fsp3) is 0.300. The molecule has 0 saturated carbocycles. The van der Waals surface area contributed by atoms with Crippen LogP contribution in [0.5, 0.6) is 5.88 Å². The second kappa shape index (κ2) is 4.96. The molecule has 17 heavy (non-hydrogen) atoms. The minimum atomic E-state index is 0.183. The second-order valence-corrected chi connectivity index (χ2v) is 4.69. The summed E-state index contributed by atoms with van der Waals surface area (Å²) < 4.78 is 5.01. The molecule has 3 N–H and O–H groups in total. The van der Waals surface area contributed by atoms with Gasteiger partial charge in [-0.05, 0) is 6.92 Å². The Hall–Kier alpha value is -1.89. The summed E-state index contributed by atoms with van der Waals surface area (Å²) >= 11 is 1.64. The third-order valence-electron chi connectivity index (χ3n) is 2.02. The molecule has 0 radical (unpaired) electrons. The maximum atomic E-state index is 5.55. The van der Waals surface area contributed by atoms with E-state index in [1.54, 1.807) is 17.4 Å². The van der Waals surface area contributed by atoms with E-state index < -0.39 is 0 Å². The van der Waals surface area contributed by atoms with Gasteiger partial charge in [0.15, 0.2) is 0 Å². The topological polar surface area (TPSA) is 86.0 Å². The Morgan fingerprint density at radius 2 is 2.29 bits per heavy atom. The first-order chi connectivity index (χ1) is 8.17. The van der Waals surface area contributed by atoms with Gasteiger partial charge < -0.3 is 15.8 Å². The monoisotopic (exact) mass is 251 g/mol. The highest BCUT2D eigenvalue weighted by atomic mass is 32.1. The van der Waals surface area contributed by atoms with E-state index >= 15 is 0 Å². The van der Waals surface area contributed by atoms with Crippen molar-refractivity contribution in [2.24, 2.45) is 0 Å². The molecule has 6 nitrogen and oxygen atoms in total. The highest BCUT2D eigenvalue weighted by molar-refractivity contribution is 7.11. The predicted molar refractivity (Wildman–Crippen MR) is 67.2 cm³/mol. The molecule has 0 aromatic carbocycles. The van der Waals surface area contributed by atoms with Crippen LogP contribution in [0.4, 0.5) is 11.8 Å². The number of hydrogen-bond acceptors (Lipinski definition) is 7. The van der Waals surface area contributed by atoms with Crippen LogP contribution in [0.3, 0.4) is 0 Å². The number of anilines is 2. The highest BCUT2D eigenvalue weighted by Crippen LogP contribution is 2.16. The average molecular weight is 251 g/mol. The minimum Gasteiger partial charge on any atom is -0.481 e. The fourth-order valence-electron chi connectivity index (χ4n) is 1.29. The standard InChI is InChI=1S/C10H13N5OS/c1-6-4-13-9(17-6)5-12-7-3-8(16-2)15-10(11)14-7/h3-4H,5H2,1-2H3,(H3,11,12,14,15). The lowest BCUT2D eigenvalue weighted by Gasteiger charge is -2.05.